The Morgan fingerprint density at radius 1 is 1.40 bits per heavy atom. The summed E-state index contributed by atoms with van der Waals surface area (Å²) in [6.07, 6.45) is 1.16. The van der Waals surface area contributed by atoms with Crippen LogP contribution < -0.4 is 5.32 Å². The lowest BCUT2D eigenvalue weighted by Crippen LogP contribution is -2.26. The third-order valence-electron chi connectivity index (χ3n) is 3.52. The van der Waals surface area contributed by atoms with Crippen molar-refractivity contribution in [3.63, 3.8) is 0 Å². The van der Waals surface area contributed by atoms with Crippen molar-refractivity contribution in [2.45, 2.75) is 35.4 Å². The number of nitriles is 1. The van der Waals surface area contributed by atoms with Crippen molar-refractivity contribution in [2.75, 3.05) is 0 Å². The average molecular weight is 300 g/mol. The van der Waals surface area contributed by atoms with Crippen LogP contribution in [0.25, 0.3) is 0 Å². The Labute approximate surface area is 127 Å². The van der Waals surface area contributed by atoms with E-state index in [2.05, 4.69) is 35.8 Å². The summed E-state index contributed by atoms with van der Waals surface area (Å²) in [7, 11) is 0. The number of nitrogens with zero attached hydrogens (tertiary/aromatic N) is 1. The van der Waals surface area contributed by atoms with Crippen LogP contribution in [-0.4, -0.2) is 5.25 Å². The fraction of sp³-hybridized carbons (Fsp3) is 0.312. The van der Waals surface area contributed by atoms with Gasteiger partial charge < -0.3 is 5.32 Å². The molecule has 0 saturated carbocycles. The van der Waals surface area contributed by atoms with Crippen molar-refractivity contribution in [3.05, 3.63) is 52.4 Å². The van der Waals surface area contributed by atoms with Crippen LogP contribution in [0.4, 0.5) is 0 Å². The molecule has 0 amide bonds. The third-order valence-corrected chi connectivity index (χ3v) is 5.86. The number of nitrogens with one attached hydrogen (secondary N) is 1. The van der Waals surface area contributed by atoms with E-state index in [1.165, 1.54) is 15.3 Å². The predicted octanol–water partition coefficient (Wildman–Crippen LogP) is 4.33. The smallest absolute Gasteiger partial charge is 0.0991 e. The van der Waals surface area contributed by atoms with Gasteiger partial charge in [0, 0.05) is 17.8 Å². The standard InChI is InChI=1S/C16H16N2S2/c1-11-7-15(14-5-6-19-16(14)20-11)18-10-13-4-2-3-12(8-13)9-17/h2-6,8,11,15,18H,7,10H2,1H3/t11-,15?/m0/s1. The fourth-order valence-corrected chi connectivity index (χ4v) is 5.10. The van der Waals surface area contributed by atoms with Gasteiger partial charge in [0.25, 0.3) is 0 Å². The van der Waals surface area contributed by atoms with E-state index < -0.39 is 0 Å². The van der Waals surface area contributed by atoms with E-state index in [0.717, 1.165) is 18.5 Å². The molecule has 0 radical (unpaired) electrons. The lowest BCUT2D eigenvalue weighted by Gasteiger charge is -2.27. The summed E-state index contributed by atoms with van der Waals surface area (Å²) in [5.41, 5.74) is 3.34. The van der Waals surface area contributed by atoms with Crippen molar-refractivity contribution < 1.29 is 0 Å². The maximum absolute atomic E-state index is 8.94. The molecule has 4 heteroatoms. The summed E-state index contributed by atoms with van der Waals surface area (Å²) in [6.45, 7) is 3.10. The first-order chi connectivity index (χ1) is 9.76. The Morgan fingerprint density at radius 2 is 2.30 bits per heavy atom. The van der Waals surface area contributed by atoms with E-state index in [0.29, 0.717) is 11.3 Å². The third kappa shape index (κ3) is 2.90. The SMILES string of the molecule is C[C@H]1CC(NCc2cccc(C#N)c2)c2ccsc2S1. The lowest BCUT2D eigenvalue weighted by molar-refractivity contribution is 0.488. The van der Waals surface area contributed by atoms with Gasteiger partial charge in [-0.1, -0.05) is 19.1 Å². The zero-order valence-electron chi connectivity index (χ0n) is 11.3. The fourth-order valence-electron chi connectivity index (χ4n) is 2.53. The summed E-state index contributed by atoms with van der Waals surface area (Å²) >= 11 is 3.83. The molecular weight excluding hydrogens is 284 g/mol. The van der Waals surface area contributed by atoms with Crippen LogP contribution in [0.2, 0.25) is 0 Å². The molecule has 2 nitrogen and oxygen atoms in total. The van der Waals surface area contributed by atoms with Crippen LogP contribution in [-0.2, 0) is 6.54 Å². The van der Waals surface area contributed by atoms with Crippen molar-refractivity contribution in [1.29, 1.82) is 5.26 Å². The predicted molar refractivity (Wildman–Crippen MR) is 85.0 cm³/mol. The summed E-state index contributed by atoms with van der Waals surface area (Å²) in [5, 5.41) is 15.4. The van der Waals surface area contributed by atoms with Gasteiger partial charge in [0.2, 0.25) is 0 Å². The van der Waals surface area contributed by atoms with Gasteiger partial charge in [-0.05, 0) is 41.1 Å². The Hall–Kier alpha value is -1.28. The highest BCUT2D eigenvalue weighted by Gasteiger charge is 2.25. The topological polar surface area (TPSA) is 35.8 Å². The molecule has 0 fully saturated rings. The van der Waals surface area contributed by atoms with Gasteiger partial charge in [-0.25, -0.2) is 0 Å². The quantitative estimate of drug-likeness (QED) is 0.916. The van der Waals surface area contributed by atoms with Gasteiger partial charge in [0.05, 0.1) is 15.8 Å². The molecule has 102 valence electrons. The maximum Gasteiger partial charge on any atom is 0.0991 e. The number of hydrogen-bond donors (Lipinski definition) is 1. The second kappa shape index (κ2) is 6.01. The van der Waals surface area contributed by atoms with Crippen molar-refractivity contribution in [3.8, 4) is 6.07 Å². The lowest BCUT2D eigenvalue weighted by atomic mass is 10.0. The molecule has 3 rings (SSSR count). The van der Waals surface area contributed by atoms with Crippen LogP contribution in [0.15, 0.2) is 39.9 Å². The first kappa shape index (κ1) is 13.7. The molecule has 1 aliphatic rings. The Bertz CT molecular complexity index is 642. The number of hydrogen-bond acceptors (Lipinski definition) is 4. The van der Waals surface area contributed by atoms with Gasteiger partial charge in [0.15, 0.2) is 0 Å². The summed E-state index contributed by atoms with van der Waals surface area (Å²) in [5.74, 6) is 0. The largest absolute Gasteiger partial charge is 0.306 e. The van der Waals surface area contributed by atoms with Gasteiger partial charge in [-0.2, -0.15) is 5.26 Å². The minimum absolute atomic E-state index is 0.429. The molecule has 1 aliphatic heterocycles. The molecule has 2 aromatic rings. The van der Waals surface area contributed by atoms with E-state index in [1.54, 1.807) is 0 Å². The van der Waals surface area contributed by atoms with Gasteiger partial charge in [-0.3, -0.25) is 0 Å². The number of rotatable bonds is 3. The van der Waals surface area contributed by atoms with Crippen LogP contribution in [0.5, 0.6) is 0 Å². The molecule has 1 unspecified atom stereocenters. The molecule has 0 spiro atoms. The van der Waals surface area contributed by atoms with E-state index in [-0.39, 0.29) is 0 Å². The van der Waals surface area contributed by atoms with Crippen LogP contribution in [0, 0.1) is 11.3 Å². The Morgan fingerprint density at radius 3 is 3.15 bits per heavy atom. The average Bonchev–Trinajstić information content (AvgIpc) is 2.93. The Balaban J connectivity index is 1.71. The zero-order valence-corrected chi connectivity index (χ0v) is 12.9. The van der Waals surface area contributed by atoms with Gasteiger partial charge in [-0.15, -0.1) is 23.1 Å². The van der Waals surface area contributed by atoms with E-state index in [9.17, 15) is 0 Å². The summed E-state index contributed by atoms with van der Waals surface area (Å²) < 4.78 is 1.45. The second-order valence-electron chi connectivity index (χ2n) is 5.07. The number of thiophene rings is 1. The van der Waals surface area contributed by atoms with Crippen LogP contribution >= 0.6 is 23.1 Å². The normalized spacial score (nSPS) is 21.2. The van der Waals surface area contributed by atoms with Crippen molar-refractivity contribution in [1.82, 2.24) is 5.32 Å². The molecular formula is C16H16N2S2. The van der Waals surface area contributed by atoms with Gasteiger partial charge in [0.1, 0.15) is 0 Å². The number of thioether (sulfide) groups is 1. The highest BCUT2D eigenvalue weighted by Crippen LogP contribution is 2.43. The summed E-state index contributed by atoms with van der Waals surface area (Å²) in [4.78, 5) is 0. The second-order valence-corrected chi connectivity index (χ2v) is 7.70. The van der Waals surface area contributed by atoms with Crippen molar-refractivity contribution in [2.24, 2.45) is 0 Å². The monoisotopic (exact) mass is 300 g/mol. The maximum atomic E-state index is 8.94. The highest BCUT2D eigenvalue weighted by molar-refractivity contribution is 8.01. The molecule has 1 aromatic heterocycles. The first-order valence-electron chi connectivity index (χ1n) is 6.72. The molecule has 1 N–H and O–H groups in total. The van der Waals surface area contributed by atoms with Crippen LogP contribution in [0.1, 0.15) is 36.1 Å². The minimum atomic E-state index is 0.429. The molecule has 0 aliphatic carbocycles. The molecule has 0 bridgehead atoms. The molecule has 2 heterocycles. The molecule has 2 atom stereocenters. The highest BCUT2D eigenvalue weighted by atomic mass is 32.2. The Kier molecular flexibility index (Phi) is 4.11. The summed E-state index contributed by atoms with van der Waals surface area (Å²) in [6, 6.07) is 12.7. The first-order valence-corrected chi connectivity index (χ1v) is 8.48. The van der Waals surface area contributed by atoms with E-state index in [4.69, 9.17) is 5.26 Å². The minimum Gasteiger partial charge on any atom is -0.306 e. The molecule has 1 aromatic carbocycles. The zero-order chi connectivity index (χ0) is 13.9. The van der Waals surface area contributed by atoms with Gasteiger partial charge >= 0.3 is 0 Å². The van der Waals surface area contributed by atoms with Crippen molar-refractivity contribution >= 4 is 23.1 Å². The number of fused-ring (bicyclic) bond motifs is 1. The molecule has 0 saturated heterocycles. The number of benzene rings is 1. The van der Waals surface area contributed by atoms with E-state index in [1.807, 2.05) is 41.3 Å². The van der Waals surface area contributed by atoms with Crippen LogP contribution in [0.3, 0.4) is 0 Å². The molecule has 20 heavy (non-hydrogen) atoms. The van der Waals surface area contributed by atoms with E-state index >= 15 is 0 Å².